The van der Waals surface area contributed by atoms with Gasteiger partial charge in [0.25, 0.3) is 0 Å². The smallest absolute Gasteiger partial charge is 0.121 e. The van der Waals surface area contributed by atoms with Crippen molar-refractivity contribution in [3.05, 3.63) is 66.2 Å². The summed E-state index contributed by atoms with van der Waals surface area (Å²) in [6, 6.07) is 21.8. The topological polar surface area (TPSA) is 45.0 Å². The lowest BCUT2D eigenvalue weighted by molar-refractivity contribution is 0.415. The van der Waals surface area contributed by atoms with Crippen molar-refractivity contribution < 1.29 is 4.74 Å². The molecule has 0 aliphatic heterocycles. The van der Waals surface area contributed by atoms with Gasteiger partial charge >= 0.3 is 0 Å². The summed E-state index contributed by atoms with van der Waals surface area (Å²) in [6.07, 6.45) is 0. The van der Waals surface area contributed by atoms with Crippen LogP contribution in [0, 0.1) is 11.3 Å². The van der Waals surface area contributed by atoms with Gasteiger partial charge in [0, 0.05) is 17.1 Å². The fourth-order valence-corrected chi connectivity index (χ4v) is 2.33. The molecule has 0 heterocycles. The van der Waals surface area contributed by atoms with Gasteiger partial charge in [0.15, 0.2) is 0 Å². The highest BCUT2D eigenvalue weighted by Crippen LogP contribution is 2.29. The Labute approximate surface area is 123 Å². The molecule has 3 aromatic carbocycles. The number of hydrogen-bond donors (Lipinski definition) is 1. The zero-order valence-corrected chi connectivity index (χ0v) is 11.6. The Kier molecular flexibility index (Phi) is 3.44. The molecule has 0 radical (unpaired) electrons. The lowest BCUT2D eigenvalue weighted by Gasteiger charge is -2.12. The molecule has 0 saturated carbocycles. The summed E-state index contributed by atoms with van der Waals surface area (Å²) in [5, 5.41) is 14.9. The second kappa shape index (κ2) is 5.56. The Hall–Kier alpha value is -2.99. The van der Waals surface area contributed by atoms with Crippen LogP contribution in [0.25, 0.3) is 10.8 Å². The first kappa shape index (κ1) is 13.0. The summed E-state index contributed by atoms with van der Waals surface area (Å²) < 4.78 is 5.23. The van der Waals surface area contributed by atoms with Gasteiger partial charge in [0.2, 0.25) is 0 Å². The van der Waals surface area contributed by atoms with E-state index in [2.05, 4.69) is 29.6 Å². The molecule has 0 spiro atoms. The predicted octanol–water partition coefficient (Wildman–Crippen LogP) is 4.46. The van der Waals surface area contributed by atoms with Gasteiger partial charge in [-0.1, -0.05) is 36.4 Å². The van der Waals surface area contributed by atoms with E-state index in [4.69, 9.17) is 4.74 Å². The van der Waals surface area contributed by atoms with E-state index in [1.165, 1.54) is 0 Å². The van der Waals surface area contributed by atoms with E-state index < -0.39 is 0 Å². The first-order valence-electron chi connectivity index (χ1n) is 6.65. The van der Waals surface area contributed by atoms with Crippen molar-refractivity contribution in [1.29, 1.82) is 5.26 Å². The first-order chi connectivity index (χ1) is 10.3. The summed E-state index contributed by atoms with van der Waals surface area (Å²) >= 11 is 0. The number of fused-ring (bicyclic) bond motifs is 1. The number of nitriles is 1. The maximum absolute atomic E-state index is 9.24. The van der Waals surface area contributed by atoms with Crippen LogP contribution in [0.4, 0.5) is 11.4 Å². The molecule has 0 aliphatic carbocycles. The highest BCUT2D eigenvalue weighted by molar-refractivity contribution is 5.95. The number of nitrogens with one attached hydrogen (secondary N) is 1. The summed E-state index contributed by atoms with van der Waals surface area (Å²) in [7, 11) is 1.61. The molecule has 0 atom stereocenters. The number of benzene rings is 3. The number of anilines is 2. The van der Waals surface area contributed by atoms with Crippen molar-refractivity contribution in [2.24, 2.45) is 0 Å². The van der Waals surface area contributed by atoms with Crippen LogP contribution in [-0.2, 0) is 0 Å². The molecule has 0 amide bonds. The minimum absolute atomic E-state index is 0.587. The third-order valence-corrected chi connectivity index (χ3v) is 3.41. The van der Waals surface area contributed by atoms with E-state index in [-0.39, 0.29) is 0 Å². The number of hydrogen-bond acceptors (Lipinski definition) is 3. The van der Waals surface area contributed by atoms with Crippen molar-refractivity contribution in [2.45, 2.75) is 0 Å². The number of rotatable bonds is 3. The van der Waals surface area contributed by atoms with E-state index in [1.807, 2.05) is 30.3 Å². The van der Waals surface area contributed by atoms with Crippen molar-refractivity contribution in [1.82, 2.24) is 0 Å². The normalized spacial score (nSPS) is 10.1. The van der Waals surface area contributed by atoms with Gasteiger partial charge < -0.3 is 10.1 Å². The highest BCUT2D eigenvalue weighted by atomic mass is 16.5. The Balaban J connectivity index is 2.08. The largest absolute Gasteiger partial charge is 0.497 e. The van der Waals surface area contributed by atoms with Crippen molar-refractivity contribution in [3.8, 4) is 11.8 Å². The van der Waals surface area contributed by atoms with Gasteiger partial charge in [-0.15, -0.1) is 0 Å². The Bertz CT molecular complexity index is 829. The maximum Gasteiger partial charge on any atom is 0.121 e. The molecule has 0 fully saturated rings. The summed E-state index contributed by atoms with van der Waals surface area (Å²) in [4.78, 5) is 0. The molecule has 102 valence electrons. The summed E-state index contributed by atoms with van der Waals surface area (Å²) in [5.41, 5.74) is 2.30. The fraction of sp³-hybridized carbons (Fsp3) is 0.0556. The molecule has 0 aliphatic rings. The second-order valence-corrected chi connectivity index (χ2v) is 4.68. The van der Waals surface area contributed by atoms with Crippen LogP contribution in [0.2, 0.25) is 0 Å². The predicted molar refractivity (Wildman–Crippen MR) is 84.9 cm³/mol. The van der Waals surface area contributed by atoms with Crippen LogP contribution in [0.1, 0.15) is 5.56 Å². The molecule has 3 aromatic rings. The molecule has 3 heteroatoms. The third kappa shape index (κ3) is 2.52. The van der Waals surface area contributed by atoms with Gasteiger partial charge in [-0.3, -0.25) is 0 Å². The molecule has 3 rings (SSSR count). The Morgan fingerprint density at radius 2 is 1.76 bits per heavy atom. The minimum Gasteiger partial charge on any atom is -0.497 e. The first-order valence-corrected chi connectivity index (χ1v) is 6.65. The fourth-order valence-electron chi connectivity index (χ4n) is 2.33. The standard InChI is InChI=1S/C18H14N2O/c1-21-15-10-9-14(12-19)18(11-15)20-17-8-4-6-13-5-2-3-7-16(13)17/h2-11,20H,1H3. The second-order valence-electron chi connectivity index (χ2n) is 4.68. The van der Waals surface area contributed by atoms with Gasteiger partial charge in [-0.05, 0) is 23.6 Å². The van der Waals surface area contributed by atoms with Crippen molar-refractivity contribution >= 4 is 22.1 Å². The van der Waals surface area contributed by atoms with Crippen LogP contribution in [-0.4, -0.2) is 7.11 Å². The monoisotopic (exact) mass is 274 g/mol. The van der Waals surface area contributed by atoms with E-state index in [0.29, 0.717) is 5.56 Å². The van der Waals surface area contributed by atoms with Crippen LogP contribution in [0.3, 0.4) is 0 Å². The Morgan fingerprint density at radius 1 is 0.952 bits per heavy atom. The van der Waals surface area contributed by atoms with E-state index >= 15 is 0 Å². The van der Waals surface area contributed by atoms with Crippen LogP contribution in [0.15, 0.2) is 60.7 Å². The average Bonchev–Trinajstić information content (AvgIpc) is 2.55. The molecule has 1 N–H and O–H groups in total. The van der Waals surface area contributed by atoms with Crippen LogP contribution >= 0.6 is 0 Å². The van der Waals surface area contributed by atoms with E-state index in [1.54, 1.807) is 19.2 Å². The lowest BCUT2D eigenvalue weighted by Crippen LogP contribution is -1.95. The number of nitrogens with zero attached hydrogens (tertiary/aromatic N) is 1. The van der Waals surface area contributed by atoms with Crippen LogP contribution < -0.4 is 10.1 Å². The molecule has 21 heavy (non-hydrogen) atoms. The van der Waals surface area contributed by atoms with Crippen LogP contribution in [0.5, 0.6) is 5.75 Å². The maximum atomic E-state index is 9.24. The molecule has 0 unspecified atom stereocenters. The van der Waals surface area contributed by atoms with Gasteiger partial charge in [0.1, 0.15) is 11.8 Å². The van der Waals surface area contributed by atoms with Gasteiger partial charge in [-0.25, -0.2) is 0 Å². The average molecular weight is 274 g/mol. The SMILES string of the molecule is COc1ccc(C#N)c(Nc2cccc3ccccc23)c1. The zero-order valence-electron chi connectivity index (χ0n) is 11.6. The van der Waals surface area contributed by atoms with Crippen molar-refractivity contribution in [3.63, 3.8) is 0 Å². The van der Waals surface area contributed by atoms with Gasteiger partial charge in [-0.2, -0.15) is 5.26 Å². The molecular weight excluding hydrogens is 260 g/mol. The molecular formula is C18H14N2O. The quantitative estimate of drug-likeness (QED) is 0.766. The Morgan fingerprint density at radius 3 is 2.57 bits per heavy atom. The number of methoxy groups -OCH3 is 1. The highest BCUT2D eigenvalue weighted by Gasteiger charge is 2.06. The van der Waals surface area contributed by atoms with Crippen molar-refractivity contribution in [2.75, 3.05) is 12.4 Å². The van der Waals surface area contributed by atoms with Gasteiger partial charge in [0.05, 0.1) is 18.4 Å². The lowest BCUT2D eigenvalue weighted by atomic mass is 10.1. The minimum atomic E-state index is 0.587. The molecule has 0 aromatic heterocycles. The molecule has 0 bridgehead atoms. The molecule has 0 saturated heterocycles. The third-order valence-electron chi connectivity index (χ3n) is 3.41. The van der Waals surface area contributed by atoms with E-state index in [9.17, 15) is 5.26 Å². The molecule has 3 nitrogen and oxygen atoms in total. The van der Waals surface area contributed by atoms with E-state index in [0.717, 1.165) is 27.9 Å². The summed E-state index contributed by atoms with van der Waals surface area (Å²) in [5.74, 6) is 0.719. The summed E-state index contributed by atoms with van der Waals surface area (Å²) in [6.45, 7) is 0. The number of ether oxygens (including phenoxy) is 1. The zero-order chi connectivity index (χ0) is 14.7.